The van der Waals surface area contributed by atoms with Crippen LogP contribution in [0, 0.1) is 0 Å². The molecule has 0 saturated carbocycles. The van der Waals surface area contributed by atoms with Crippen LogP contribution in [0.4, 0.5) is 0 Å². The standard InChI is InChI=1S/C12H8BrCl2NO/c13-8-1-2-11(15)12(5-8)17-10-3-4-16-9(6-10)7-14/h1-6H,7H2. The summed E-state index contributed by atoms with van der Waals surface area (Å²) in [5.74, 6) is 1.60. The van der Waals surface area contributed by atoms with E-state index in [0.717, 1.165) is 10.2 Å². The lowest BCUT2D eigenvalue weighted by Gasteiger charge is -2.08. The summed E-state index contributed by atoms with van der Waals surface area (Å²) in [4.78, 5) is 4.09. The van der Waals surface area contributed by atoms with E-state index in [9.17, 15) is 0 Å². The van der Waals surface area contributed by atoms with Gasteiger partial charge in [-0.3, -0.25) is 4.98 Å². The second-order valence-corrected chi connectivity index (χ2v) is 4.88. The predicted octanol–water partition coefficient (Wildman–Crippen LogP) is 5.03. The maximum absolute atomic E-state index is 6.03. The third kappa shape index (κ3) is 3.35. The molecular weight excluding hydrogens is 325 g/mol. The Labute approximate surface area is 118 Å². The lowest BCUT2D eigenvalue weighted by atomic mass is 10.3. The van der Waals surface area contributed by atoms with Crippen LogP contribution in [0.15, 0.2) is 41.0 Å². The lowest BCUT2D eigenvalue weighted by Crippen LogP contribution is -1.89. The zero-order valence-corrected chi connectivity index (χ0v) is 11.8. The van der Waals surface area contributed by atoms with Crippen molar-refractivity contribution in [3.63, 3.8) is 0 Å². The SMILES string of the molecule is ClCc1cc(Oc2cc(Br)ccc2Cl)ccn1. The molecule has 2 rings (SSSR count). The fourth-order valence-electron chi connectivity index (χ4n) is 1.28. The summed E-state index contributed by atoms with van der Waals surface area (Å²) < 4.78 is 6.58. The normalized spacial score (nSPS) is 10.3. The molecule has 0 radical (unpaired) electrons. The van der Waals surface area contributed by atoms with Crippen molar-refractivity contribution in [2.75, 3.05) is 0 Å². The van der Waals surface area contributed by atoms with Gasteiger partial charge in [0.05, 0.1) is 16.6 Å². The van der Waals surface area contributed by atoms with Gasteiger partial charge in [0, 0.05) is 16.7 Å². The number of alkyl halides is 1. The minimum absolute atomic E-state index is 0.351. The van der Waals surface area contributed by atoms with Crippen molar-refractivity contribution in [2.24, 2.45) is 0 Å². The monoisotopic (exact) mass is 331 g/mol. The number of hydrogen-bond acceptors (Lipinski definition) is 2. The van der Waals surface area contributed by atoms with Gasteiger partial charge >= 0.3 is 0 Å². The van der Waals surface area contributed by atoms with Gasteiger partial charge in [-0.2, -0.15) is 0 Å². The Morgan fingerprint density at radius 1 is 1.24 bits per heavy atom. The Hall–Kier alpha value is -0.770. The van der Waals surface area contributed by atoms with Crippen molar-refractivity contribution in [1.29, 1.82) is 0 Å². The van der Waals surface area contributed by atoms with Crippen LogP contribution in [-0.2, 0) is 5.88 Å². The molecule has 0 aliphatic rings. The maximum atomic E-state index is 6.03. The number of ether oxygens (including phenoxy) is 1. The molecule has 0 amide bonds. The highest BCUT2D eigenvalue weighted by Crippen LogP contribution is 2.32. The van der Waals surface area contributed by atoms with Gasteiger partial charge in [0.15, 0.2) is 0 Å². The molecule has 0 aliphatic heterocycles. The molecule has 1 aromatic heterocycles. The third-order valence-electron chi connectivity index (χ3n) is 2.05. The molecule has 17 heavy (non-hydrogen) atoms. The fourth-order valence-corrected chi connectivity index (χ4v) is 1.92. The van der Waals surface area contributed by atoms with Gasteiger partial charge in [-0.05, 0) is 24.3 Å². The van der Waals surface area contributed by atoms with Crippen LogP contribution in [0.2, 0.25) is 5.02 Å². The van der Waals surface area contributed by atoms with Gasteiger partial charge in [-0.15, -0.1) is 11.6 Å². The van der Waals surface area contributed by atoms with E-state index < -0.39 is 0 Å². The molecule has 0 aliphatic carbocycles. The van der Waals surface area contributed by atoms with Gasteiger partial charge in [0.2, 0.25) is 0 Å². The summed E-state index contributed by atoms with van der Waals surface area (Å²) in [5, 5.41) is 0.553. The van der Waals surface area contributed by atoms with Gasteiger partial charge in [-0.1, -0.05) is 27.5 Å². The highest BCUT2D eigenvalue weighted by atomic mass is 79.9. The van der Waals surface area contributed by atoms with Crippen LogP contribution in [0.25, 0.3) is 0 Å². The first-order valence-corrected chi connectivity index (χ1v) is 6.53. The largest absolute Gasteiger partial charge is 0.456 e. The number of benzene rings is 1. The topological polar surface area (TPSA) is 22.1 Å². The molecule has 2 nitrogen and oxygen atoms in total. The summed E-state index contributed by atoms with van der Waals surface area (Å²) in [7, 11) is 0. The van der Waals surface area contributed by atoms with E-state index in [0.29, 0.717) is 22.4 Å². The first kappa shape index (κ1) is 12.7. The number of hydrogen-bond donors (Lipinski definition) is 0. The third-order valence-corrected chi connectivity index (χ3v) is 3.13. The Morgan fingerprint density at radius 3 is 2.82 bits per heavy atom. The Morgan fingerprint density at radius 2 is 2.06 bits per heavy atom. The first-order valence-electron chi connectivity index (χ1n) is 4.83. The molecule has 0 N–H and O–H groups in total. The highest BCUT2D eigenvalue weighted by Gasteiger charge is 2.04. The molecule has 0 saturated heterocycles. The molecule has 5 heteroatoms. The molecule has 88 valence electrons. The van der Waals surface area contributed by atoms with Crippen molar-refractivity contribution in [1.82, 2.24) is 4.98 Å². The molecule has 2 aromatic rings. The molecular formula is C12H8BrCl2NO. The van der Waals surface area contributed by atoms with Gasteiger partial charge in [0.25, 0.3) is 0 Å². The highest BCUT2D eigenvalue weighted by molar-refractivity contribution is 9.10. The van der Waals surface area contributed by atoms with E-state index in [4.69, 9.17) is 27.9 Å². The lowest BCUT2D eigenvalue weighted by molar-refractivity contribution is 0.481. The van der Waals surface area contributed by atoms with Crippen LogP contribution >= 0.6 is 39.1 Å². The number of aromatic nitrogens is 1. The summed E-state index contributed by atoms with van der Waals surface area (Å²) >= 11 is 15.1. The van der Waals surface area contributed by atoms with E-state index in [1.807, 2.05) is 12.1 Å². The number of nitrogens with zero attached hydrogens (tertiary/aromatic N) is 1. The molecule has 0 atom stereocenters. The van der Waals surface area contributed by atoms with Gasteiger partial charge in [0.1, 0.15) is 11.5 Å². The van der Waals surface area contributed by atoms with E-state index in [1.165, 1.54) is 0 Å². The molecule has 0 unspecified atom stereocenters. The molecule has 0 fully saturated rings. The Bertz CT molecular complexity index is 534. The molecule has 1 aromatic carbocycles. The molecule has 0 spiro atoms. The zero-order chi connectivity index (χ0) is 12.3. The minimum atomic E-state index is 0.351. The summed E-state index contributed by atoms with van der Waals surface area (Å²) in [6.45, 7) is 0. The fraction of sp³-hybridized carbons (Fsp3) is 0.0833. The van der Waals surface area contributed by atoms with Crippen molar-refractivity contribution in [3.05, 3.63) is 51.7 Å². The van der Waals surface area contributed by atoms with Crippen LogP contribution in [-0.4, -0.2) is 4.98 Å². The predicted molar refractivity (Wildman–Crippen MR) is 73.0 cm³/mol. The smallest absolute Gasteiger partial charge is 0.147 e. The Balaban J connectivity index is 2.27. The van der Waals surface area contributed by atoms with Crippen LogP contribution in [0.1, 0.15) is 5.69 Å². The zero-order valence-electron chi connectivity index (χ0n) is 8.66. The van der Waals surface area contributed by atoms with Crippen LogP contribution in [0.3, 0.4) is 0 Å². The second-order valence-electron chi connectivity index (χ2n) is 3.29. The van der Waals surface area contributed by atoms with Crippen molar-refractivity contribution < 1.29 is 4.74 Å². The summed E-state index contributed by atoms with van der Waals surface area (Å²) in [6.07, 6.45) is 1.65. The number of halogens is 3. The van der Waals surface area contributed by atoms with Gasteiger partial charge < -0.3 is 4.74 Å². The van der Waals surface area contributed by atoms with Crippen LogP contribution < -0.4 is 4.74 Å². The molecule has 0 bridgehead atoms. The maximum Gasteiger partial charge on any atom is 0.147 e. The quantitative estimate of drug-likeness (QED) is 0.735. The van der Waals surface area contributed by atoms with E-state index in [1.54, 1.807) is 24.4 Å². The van der Waals surface area contributed by atoms with Crippen molar-refractivity contribution in [2.45, 2.75) is 5.88 Å². The second kappa shape index (κ2) is 5.71. The van der Waals surface area contributed by atoms with Crippen LogP contribution in [0.5, 0.6) is 11.5 Å². The van der Waals surface area contributed by atoms with Crippen molar-refractivity contribution >= 4 is 39.1 Å². The van der Waals surface area contributed by atoms with E-state index in [-0.39, 0.29) is 0 Å². The minimum Gasteiger partial charge on any atom is -0.456 e. The summed E-state index contributed by atoms with van der Waals surface area (Å²) in [6, 6.07) is 8.97. The first-order chi connectivity index (χ1) is 8.19. The number of rotatable bonds is 3. The van der Waals surface area contributed by atoms with Crippen molar-refractivity contribution in [3.8, 4) is 11.5 Å². The van der Waals surface area contributed by atoms with E-state index >= 15 is 0 Å². The number of pyridine rings is 1. The Kier molecular flexibility index (Phi) is 4.26. The molecule has 1 heterocycles. The average Bonchev–Trinajstić information content (AvgIpc) is 2.34. The summed E-state index contributed by atoms with van der Waals surface area (Å²) in [5.41, 5.74) is 0.760. The van der Waals surface area contributed by atoms with Gasteiger partial charge in [-0.25, -0.2) is 0 Å². The average molecular weight is 333 g/mol. The van der Waals surface area contributed by atoms with E-state index in [2.05, 4.69) is 20.9 Å².